The Hall–Kier alpha value is -2.55. The van der Waals surface area contributed by atoms with Gasteiger partial charge in [-0.1, -0.05) is 61.5 Å². The minimum absolute atomic E-state index is 0.358. The molecule has 156 valence electrons. The molecule has 0 amide bonds. The summed E-state index contributed by atoms with van der Waals surface area (Å²) in [6, 6.07) is 20.7. The van der Waals surface area contributed by atoms with Gasteiger partial charge in [0.25, 0.3) is 0 Å². The molecule has 3 aromatic carbocycles. The van der Waals surface area contributed by atoms with Crippen molar-refractivity contribution in [2.45, 2.75) is 50.9 Å². The van der Waals surface area contributed by atoms with E-state index in [4.69, 9.17) is 0 Å². The van der Waals surface area contributed by atoms with Gasteiger partial charge in [0, 0.05) is 0 Å². The van der Waals surface area contributed by atoms with Gasteiger partial charge in [-0.25, -0.2) is 13.2 Å². The van der Waals surface area contributed by atoms with Crippen LogP contribution in [0.15, 0.2) is 66.7 Å². The van der Waals surface area contributed by atoms with Crippen molar-refractivity contribution in [2.75, 3.05) is 0 Å². The SMILES string of the molecule is CC(CC1CCC(c2ccc(-c3cc(F)c(F)c(F)c3)cc2)CC1)c1ccccc1. The summed E-state index contributed by atoms with van der Waals surface area (Å²) in [5, 5.41) is 0. The summed E-state index contributed by atoms with van der Waals surface area (Å²) in [6.07, 6.45) is 6.05. The van der Waals surface area contributed by atoms with E-state index in [0.29, 0.717) is 23.0 Å². The maximum atomic E-state index is 13.5. The van der Waals surface area contributed by atoms with Crippen LogP contribution in [0.1, 0.15) is 62.0 Å². The molecule has 1 fully saturated rings. The summed E-state index contributed by atoms with van der Waals surface area (Å²) in [7, 11) is 0. The summed E-state index contributed by atoms with van der Waals surface area (Å²) < 4.78 is 40.2. The molecule has 0 nitrogen and oxygen atoms in total. The summed E-state index contributed by atoms with van der Waals surface area (Å²) in [5.74, 6) is -1.85. The number of benzene rings is 3. The number of rotatable bonds is 5. The third-order valence-corrected chi connectivity index (χ3v) is 6.60. The first-order chi connectivity index (χ1) is 14.5. The van der Waals surface area contributed by atoms with Crippen LogP contribution in [0, 0.1) is 23.4 Å². The van der Waals surface area contributed by atoms with Gasteiger partial charge in [-0.3, -0.25) is 0 Å². The average Bonchev–Trinajstić information content (AvgIpc) is 2.78. The molecule has 3 heteroatoms. The lowest BCUT2D eigenvalue weighted by atomic mass is 9.75. The summed E-state index contributed by atoms with van der Waals surface area (Å²) in [5.41, 5.74) is 3.75. The quantitative estimate of drug-likeness (QED) is 0.373. The van der Waals surface area contributed by atoms with Crippen molar-refractivity contribution in [3.8, 4) is 11.1 Å². The van der Waals surface area contributed by atoms with E-state index in [2.05, 4.69) is 37.3 Å². The van der Waals surface area contributed by atoms with Crippen LogP contribution in [0.2, 0.25) is 0 Å². The maximum absolute atomic E-state index is 13.5. The van der Waals surface area contributed by atoms with Crippen LogP contribution in [-0.4, -0.2) is 0 Å². The monoisotopic (exact) mass is 408 g/mol. The Bertz CT molecular complexity index is 948. The van der Waals surface area contributed by atoms with Crippen LogP contribution in [0.4, 0.5) is 13.2 Å². The standard InChI is InChI=1S/C27H27F3/c1-18(20-5-3-2-4-6-20)15-19-7-9-21(10-8-19)22-11-13-23(14-12-22)24-16-25(28)27(30)26(29)17-24/h2-6,11-14,16-19,21H,7-10,15H2,1H3. The van der Waals surface area contributed by atoms with E-state index in [1.54, 1.807) is 0 Å². The molecule has 0 saturated heterocycles. The normalized spacial score (nSPS) is 20.1. The van der Waals surface area contributed by atoms with Crippen molar-refractivity contribution in [1.82, 2.24) is 0 Å². The van der Waals surface area contributed by atoms with E-state index in [1.165, 1.54) is 43.2 Å². The van der Waals surface area contributed by atoms with Gasteiger partial charge in [0.15, 0.2) is 17.5 Å². The van der Waals surface area contributed by atoms with E-state index in [-0.39, 0.29) is 0 Å². The lowest BCUT2D eigenvalue weighted by molar-refractivity contribution is 0.297. The average molecular weight is 409 g/mol. The van der Waals surface area contributed by atoms with Gasteiger partial charge in [-0.15, -0.1) is 0 Å². The highest BCUT2D eigenvalue weighted by Gasteiger charge is 2.24. The van der Waals surface area contributed by atoms with Gasteiger partial charge in [0.2, 0.25) is 0 Å². The van der Waals surface area contributed by atoms with Crippen molar-refractivity contribution in [3.63, 3.8) is 0 Å². The van der Waals surface area contributed by atoms with Crippen LogP contribution < -0.4 is 0 Å². The van der Waals surface area contributed by atoms with Gasteiger partial charge in [-0.05, 0) is 84.2 Å². The fourth-order valence-corrected chi connectivity index (χ4v) is 4.82. The molecule has 1 saturated carbocycles. The van der Waals surface area contributed by atoms with Crippen molar-refractivity contribution in [3.05, 3.63) is 95.3 Å². The Morgan fingerprint density at radius 1 is 0.767 bits per heavy atom. The molecule has 3 aromatic rings. The van der Waals surface area contributed by atoms with Crippen molar-refractivity contribution in [2.24, 2.45) is 5.92 Å². The molecule has 4 rings (SSSR count). The third kappa shape index (κ3) is 4.61. The van der Waals surface area contributed by atoms with E-state index in [0.717, 1.165) is 18.1 Å². The molecule has 1 unspecified atom stereocenters. The van der Waals surface area contributed by atoms with Crippen molar-refractivity contribution in [1.29, 1.82) is 0 Å². The first kappa shape index (κ1) is 20.7. The van der Waals surface area contributed by atoms with Crippen molar-refractivity contribution >= 4 is 0 Å². The largest absolute Gasteiger partial charge is 0.204 e. The Kier molecular flexibility index (Phi) is 6.26. The minimum atomic E-state index is -1.42. The Labute approximate surface area is 176 Å². The molecule has 0 spiro atoms. The highest BCUT2D eigenvalue weighted by atomic mass is 19.2. The first-order valence-corrected chi connectivity index (χ1v) is 10.8. The lowest BCUT2D eigenvalue weighted by Crippen LogP contribution is -2.15. The Morgan fingerprint density at radius 2 is 1.37 bits per heavy atom. The van der Waals surface area contributed by atoms with Gasteiger partial charge < -0.3 is 0 Å². The predicted molar refractivity (Wildman–Crippen MR) is 116 cm³/mol. The Morgan fingerprint density at radius 3 is 1.97 bits per heavy atom. The smallest absolute Gasteiger partial charge is 0.194 e. The van der Waals surface area contributed by atoms with E-state index < -0.39 is 17.5 Å². The van der Waals surface area contributed by atoms with Gasteiger partial charge >= 0.3 is 0 Å². The van der Waals surface area contributed by atoms with E-state index in [1.807, 2.05) is 24.3 Å². The maximum Gasteiger partial charge on any atom is 0.194 e. The zero-order valence-electron chi connectivity index (χ0n) is 17.3. The minimum Gasteiger partial charge on any atom is -0.204 e. The molecule has 1 aliphatic carbocycles. The van der Waals surface area contributed by atoms with Gasteiger partial charge in [0.05, 0.1) is 0 Å². The molecule has 0 heterocycles. The second-order valence-electron chi connectivity index (χ2n) is 8.64. The first-order valence-electron chi connectivity index (χ1n) is 10.8. The number of hydrogen-bond acceptors (Lipinski definition) is 0. The molecule has 30 heavy (non-hydrogen) atoms. The summed E-state index contributed by atoms with van der Waals surface area (Å²) in [6.45, 7) is 2.32. The molecule has 0 radical (unpaired) electrons. The summed E-state index contributed by atoms with van der Waals surface area (Å²) >= 11 is 0. The molecular weight excluding hydrogens is 381 g/mol. The molecular formula is C27H27F3. The zero-order chi connectivity index (χ0) is 21.1. The summed E-state index contributed by atoms with van der Waals surface area (Å²) in [4.78, 5) is 0. The molecule has 0 aliphatic heterocycles. The second kappa shape index (κ2) is 9.07. The van der Waals surface area contributed by atoms with E-state index in [9.17, 15) is 13.2 Å². The fourth-order valence-electron chi connectivity index (χ4n) is 4.82. The number of hydrogen-bond donors (Lipinski definition) is 0. The van der Waals surface area contributed by atoms with Crippen LogP contribution >= 0.6 is 0 Å². The predicted octanol–water partition coefficient (Wildman–Crippen LogP) is 8.24. The molecule has 0 aromatic heterocycles. The number of halogens is 3. The van der Waals surface area contributed by atoms with E-state index >= 15 is 0 Å². The second-order valence-corrected chi connectivity index (χ2v) is 8.64. The molecule has 0 N–H and O–H groups in total. The molecule has 0 bridgehead atoms. The van der Waals surface area contributed by atoms with Crippen LogP contribution in [0.3, 0.4) is 0 Å². The Balaban J connectivity index is 1.36. The fraction of sp³-hybridized carbons (Fsp3) is 0.333. The highest BCUT2D eigenvalue weighted by molar-refractivity contribution is 5.64. The molecule has 1 atom stereocenters. The third-order valence-electron chi connectivity index (χ3n) is 6.60. The van der Waals surface area contributed by atoms with Gasteiger partial charge in [-0.2, -0.15) is 0 Å². The van der Waals surface area contributed by atoms with Crippen molar-refractivity contribution < 1.29 is 13.2 Å². The van der Waals surface area contributed by atoms with Crippen LogP contribution in [-0.2, 0) is 0 Å². The van der Waals surface area contributed by atoms with Crippen LogP contribution in [0.5, 0.6) is 0 Å². The lowest BCUT2D eigenvalue weighted by Gasteiger charge is -2.30. The molecule has 1 aliphatic rings. The topological polar surface area (TPSA) is 0 Å². The van der Waals surface area contributed by atoms with Crippen LogP contribution in [0.25, 0.3) is 11.1 Å². The zero-order valence-corrected chi connectivity index (χ0v) is 17.3. The highest BCUT2D eigenvalue weighted by Crippen LogP contribution is 2.40. The van der Waals surface area contributed by atoms with Gasteiger partial charge in [0.1, 0.15) is 0 Å².